The Balaban J connectivity index is 1.52. The number of hydrogen-bond donors (Lipinski definition) is 0. The molecule has 1 amide bonds. The van der Waals surface area contributed by atoms with Gasteiger partial charge in [-0.15, -0.1) is 0 Å². The van der Waals surface area contributed by atoms with Crippen molar-refractivity contribution in [2.45, 2.75) is 31.7 Å². The van der Waals surface area contributed by atoms with E-state index < -0.39 is 10.0 Å². The van der Waals surface area contributed by atoms with Crippen LogP contribution in [0.5, 0.6) is 0 Å². The number of rotatable bonds is 4. The van der Waals surface area contributed by atoms with Crippen LogP contribution in [0.4, 0.5) is 5.69 Å². The van der Waals surface area contributed by atoms with E-state index in [1.807, 2.05) is 25.1 Å². The van der Waals surface area contributed by atoms with Crippen LogP contribution in [0.25, 0.3) is 0 Å². The van der Waals surface area contributed by atoms with Gasteiger partial charge in [0.05, 0.1) is 5.56 Å². The van der Waals surface area contributed by atoms with E-state index in [-0.39, 0.29) is 16.5 Å². The Hall–Kier alpha value is -2.10. The predicted molar refractivity (Wildman–Crippen MR) is 125 cm³/mol. The number of aryl methyl sites for hydroxylation is 2. The molecule has 8 nitrogen and oxygen atoms in total. The molecule has 32 heavy (non-hydrogen) atoms. The lowest BCUT2D eigenvalue weighted by molar-refractivity contribution is 0.0693. The molecule has 10 heteroatoms. The zero-order valence-electron chi connectivity index (χ0n) is 18.8. The third kappa shape index (κ3) is 4.51. The molecule has 0 N–H and O–H groups in total. The Kier molecular flexibility index (Phi) is 6.51. The quantitative estimate of drug-likeness (QED) is 0.673. The lowest BCUT2D eigenvalue weighted by atomic mass is 9.99. The van der Waals surface area contributed by atoms with Crippen LogP contribution in [-0.2, 0) is 17.1 Å². The Morgan fingerprint density at radius 2 is 1.75 bits per heavy atom. The van der Waals surface area contributed by atoms with Crippen molar-refractivity contribution in [2.75, 3.05) is 44.2 Å². The first-order chi connectivity index (χ1) is 15.2. The number of halogens is 1. The summed E-state index contributed by atoms with van der Waals surface area (Å²) in [6, 6.07) is 5.73. The number of amides is 1. The Bertz CT molecular complexity index is 1100. The van der Waals surface area contributed by atoms with Crippen molar-refractivity contribution in [3.05, 3.63) is 40.5 Å². The van der Waals surface area contributed by atoms with Crippen LogP contribution in [-0.4, -0.2) is 72.6 Å². The summed E-state index contributed by atoms with van der Waals surface area (Å²) < 4.78 is 29.8. The highest BCUT2D eigenvalue weighted by Gasteiger charge is 2.36. The number of carbonyl (C=O) groups excluding carboxylic acids is 1. The van der Waals surface area contributed by atoms with Gasteiger partial charge in [0.15, 0.2) is 0 Å². The molecular weight excluding hydrogens is 450 g/mol. The van der Waals surface area contributed by atoms with Gasteiger partial charge in [-0.05, 0) is 43.4 Å². The SMILES string of the molecule is Cc1ccc(Cl)cc1N1CCN(S(=O)(=O)c2nn(C)cc2C(=O)N2CCC(C)CC2)CC1. The first-order valence-electron chi connectivity index (χ1n) is 11.0. The molecule has 2 fully saturated rings. The zero-order valence-corrected chi connectivity index (χ0v) is 20.4. The highest BCUT2D eigenvalue weighted by atomic mass is 35.5. The highest BCUT2D eigenvalue weighted by molar-refractivity contribution is 7.89. The van der Waals surface area contributed by atoms with Gasteiger partial charge in [-0.25, -0.2) is 8.42 Å². The van der Waals surface area contributed by atoms with Crippen LogP contribution in [0.3, 0.4) is 0 Å². The maximum Gasteiger partial charge on any atom is 0.263 e. The topological polar surface area (TPSA) is 78.8 Å². The molecule has 0 aliphatic carbocycles. The molecule has 0 atom stereocenters. The van der Waals surface area contributed by atoms with Crippen molar-refractivity contribution in [3.63, 3.8) is 0 Å². The Morgan fingerprint density at radius 3 is 2.41 bits per heavy atom. The van der Waals surface area contributed by atoms with E-state index in [1.165, 1.54) is 15.2 Å². The molecule has 0 spiro atoms. The second-order valence-electron chi connectivity index (χ2n) is 8.82. The van der Waals surface area contributed by atoms with Gasteiger partial charge < -0.3 is 9.80 Å². The monoisotopic (exact) mass is 479 g/mol. The standard InChI is InChI=1S/C22H30ClN5O3S/c1-16-6-8-27(9-7-16)22(29)19-15-25(3)24-21(19)32(30,31)28-12-10-26(11-13-28)20-14-18(23)5-4-17(20)2/h4-5,14-16H,6-13H2,1-3H3. The van der Waals surface area contributed by atoms with Gasteiger partial charge in [0, 0.05) is 63.2 Å². The average Bonchev–Trinajstić information content (AvgIpc) is 3.18. The number of carbonyl (C=O) groups is 1. The molecule has 0 saturated carbocycles. The number of aromatic nitrogens is 2. The van der Waals surface area contributed by atoms with Gasteiger partial charge in [-0.1, -0.05) is 24.6 Å². The third-order valence-electron chi connectivity index (χ3n) is 6.43. The molecule has 2 saturated heterocycles. The van der Waals surface area contributed by atoms with Crippen molar-refractivity contribution in [3.8, 4) is 0 Å². The second-order valence-corrected chi connectivity index (χ2v) is 11.1. The largest absolute Gasteiger partial charge is 0.369 e. The minimum absolute atomic E-state index is 0.143. The van der Waals surface area contributed by atoms with Gasteiger partial charge in [-0.2, -0.15) is 9.40 Å². The molecule has 1 aromatic heterocycles. The van der Waals surface area contributed by atoms with E-state index in [9.17, 15) is 13.2 Å². The minimum atomic E-state index is -3.89. The smallest absolute Gasteiger partial charge is 0.263 e. The summed E-state index contributed by atoms with van der Waals surface area (Å²) in [5.41, 5.74) is 2.27. The number of benzene rings is 1. The maximum atomic E-state index is 13.5. The van der Waals surface area contributed by atoms with Crippen LogP contribution in [0.15, 0.2) is 29.4 Å². The Morgan fingerprint density at radius 1 is 1.09 bits per heavy atom. The summed E-state index contributed by atoms with van der Waals surface area (Å²) in [6.07, 6.45) is 3.39. The molecule has 174 valence electrons. The lowest BCUT2D eigenvalue weighted by Gasteiger charge is -2.36. The molecule has 0 radical (unpaired) electrons. The summed E-state index contributed by atoms with van der Waals surface area (Å²) >= 11 is 6.16. The normalized spacial score (nSPS) is 18.9. The molecule has 0 bridgehead atoms. The van der Waals surface area contributed by atoms with E-state index in [1.54, 1.807) is 11.9 Å². The van der Waals surface area contributed by atoms with Gasteiger partial charge in [0.1, 0.15) is 0 Å². The van der Waals surface area contributed by atoms with Gasteiger partial charge in [0.25, 0.3) is 15.9 Å². The lowest BCUT2D eigenvalue weighted by Crippen LogP contribution is -2.49. The van der Waals surface area contributed by atoms with Crippen molar-refractivity contribution in [1.29, 1.82) is 0 Å². The van der Waals surface area contributed by atoms with Gasteiger partial charge >= 0.3 is 0 Å². The summed E-state index contributed by atoms with van der Waals surface area (Å²) in [5.74, 6) is 0.326. The van der Waals surface area contributed by atoms with E-state index >= 15 is 0 Å². The van der Waals surface area contributed by atoms with Gasteiger partial charge in [0.2, 0.25) is 5.03 Å². The number of hydrogen-bond acceptors (Lipinski definition) is 5. The van der Waals surface area contributed by atoms with Crippen molar-refractivity contribution >= 4 is 33.2 Å². The van der Waals surface area contributed by atoms with Crippen LogP contribution in [0.2, 0.25) is 5.02 Å². The summed E-state index contributed by atoms with van der Waals surface area (Å²) in [6.45, 7) is 7.20. The fourth-order valence-electron chi connectivity index (χ4n) is 4.40. The van der Waals surface area contributed by atoms with Crippen LogP contribution < -0.4 is 4.90 Å². The highest BCUT2D eigenvalue weighted by Crippen LogP contribution is 2.28. The summed E-state index contributed by atoms with van der Waals surface area (Å²) in [5, 5.41) is 4.71. The second kappa shape index (κ2) is 9.03. The Labute approximate surface area is 194 Å². The molecular formula is C22H30ClN5O3S. The van der Waals surface area contributed by atoms with E-state index in [0.29, 0.717) is 50.2 Å². The summed E-state index contributed by atoms with van der Waals surface area (Å²) in [7, 11) is -2.24. The van der Waals surface area contributed by atoms with Crippen molar-refractivity contribution in [1.82, 2.24) is 19.0 Å². The number of sulfonamides is 1. The zero-order chi connectivity index (χ0) is 23.0. The summed E-state index contributed by atoms with van der Waals surface area (Å²) in [4.78, 5) is 17.0. The molecule has 4 rings (SSSR count). The van der Waals surface area contributed by atoms with Crippen LogP contribution in [0.1, 0.15) is 35.7 Å². The fourth-order valence-corrected chi connectivity index (χ4v) is 6.11. The minimum Gasteiger partial charge on any atom is -0.369 e. The predicted octanol–water partition coefficient (Wildman–Crippen LogP) is 2.76. The average molecular weight is 480 g/mol. The first-order valence-corrected chi connectivity index (χ1v) is 12.8. The molecule has 3 heterocycles. The van der Waals surface area contributed by atoms with Crippen LogP contribution in [0, 0.1) is 12.8 Å². The number of likely N-dealkylation sites (tertiary alicyclic amines) is 1. The third-order valence-corrected chi connectivity index (χ3v) is 8.50. The number of anilines is 1. The molecule has 2 aromatic rings. The molecule has 0 unspecified atom stereocenters. The molecule has 2 aliphatic rings. The van der Waals surface area contributed by atoms with E-state index in [2.05, 4.69) is 16.9 Å². The number of piperazine rings is 1. The number of nitrogens with zero attached hydrogens (tertiary/aromatic N) is 5. The fraction of sp³-hybridized carbons (Fsp3) is 0.545. The molecule has 1 aromatic carbocycles. The van der Waals surface area contributed by atoms with E-state index in [0.717, 1.165) is 24.1 Å². The van der Waals surface area contributed by atoms with Crippen LogP contribution >= 0.6 is 11.6 Å². The van der Waals surface area contributed by atoms with Gasteiger partial charge in [-0.3, -0.25) is 9.48 Å². The maximum absolute atomic E-state index is 13.5. The van der Waals surface area contributed by atoms with E-state index in [4.69, 9.17) is 11.6 Å². The van der Waals surface area contributed by atoms with Crippen molar-refractivity contribution in [2.24, 2.45) is 13.0 Å². The van der Waals surface area contributed by atoms with Crippen molar-refractivity contribution < 1.29 is 13.2 Å². The molecule has 2 aliphatic heterocycles. The first kappa shape index (κ1) is 23.1. The number of piperidine rings is 1.